The number of hydrogen-bond donors (Lipinski definition) is 0. The van der Waals surface area contributed by atoms with E-state index in [0.29, 0.717) is 18.5 Å². The molecule has 0 aromatic rings. The standard InChI is InChI=1S/C15H35NO4S2Si2/c1-9-15(10-2)16(21(17,18)11-13-23(3,4)5)22(19,20)12-14-24(6,7)8/h9,15H,1,10-14H2,2-8H3. The molecule has 0 fully saturated rings. The molecule has 0 heterocycles. The van der Waals surface area contributed by atoms with Gasteiger partial charge >= 0.3 is 0 Å². The Hall–Kier alpha value is 0.0338. The van der Waals surface area contributed by atoms with E-state index in [1.165, 1.54) is 6.08 Å². The molecule has 0 saturated carbocycles. The first-order chi connectivity index (χ1) is 10.6. The molecule has 0 rings (SSSR count). The SMILES string of the molecule is C=CC(CC)N(S(=O)(=O)CC[Si](C)(C)C)S(=O)(=O)CC[Si](C)(C)C. The van der Waals surface area contributed by atoms with Crippen molar-refractivity contribution in [1.82, 2.24) is 3.71 Å². The zero-order valence-electron chi connectivity index (χ0n) is 16.3. The molecule has 0 amide bonds. The van der Waals surface area contributed by atoms with Gasteiger partial charge < -0.3 is 0 Å². The normalized spacial score (nSPS) is 15.5. The molecule has 0 radical (unpaired) electrons. The molecule has 144 valence electrons. The Bertz CT molecular complexity index is 569. The van der Waals surface area contributed by atoms with Crippen LogP contribution < -0.4 is 0 Å². The van der Waals surface area contributed by atoms with E-state index in [1.54, 1.807) is 6.92 Å². The van der Waals surface area contributed by atoms with Crippen LogP contribution in [0.25, 0.3) is 0 Å². The van der Waals surface area contributed by atoms with Gasteiger partial charge in [0.1, 0.15) is 0 Å². The summed E-state index contributed by atoms with van der Waals surface area (Å²) in [4.78, 5) is 0. The summed E-state index contributed by atoms with van der Waals surface area (Å²) in [6.07, 6.45) is 1.82. The summed E-state index contributed by atoms with van der Waals surface area (Å²) >= 11 is 0. The maximum atomic E-state index is 12.8. The van der Waals surface area contributed by atoms with Gasteiger partial charge in [0, 0.05) is 16.1 Å². The van der Waals surface area contributed by atoms with Crippen LogP contribution in [0.15, 0.2) is 12.7 Å². The number of sulfonamides is 2. The highest BCUT2D eigenvalue weighted by Crippen LogP contribution is 2.23. The Kier molecular flexibility index (Phi) is 8.62. The monoisotopic (exact) mass is 413 g/mol. The molecule has 1 atom stereocenters. The minimum atomic E-state index is -3.88. The van der Waals surface area contributed by atoms with Crippen molar-refractivity contribution in [2.45, 2.75) is 70.8 Å². The van der Waals surface area contributed by atoms with Crippen molar-refractivity contribution >= 4 is 36.2 Å². The highest BCUT2D eigenvalue weighted by molar-refractivity contribution is 8.04. The molecule has 0 bridgehead atoms. The van der Waals surface area contributed by atoms with E-state index in [1.807, 2.05) is 0 Å². The lowest BCUT2D eigenvalue weighted by atomic mass is 10.2. The third-order valence-electron chi connectivity index (χ3n) is 3.73. The molecule has 0 aliphatic carbocycles. The lowest BCUT2D eigenvalue weighted by Gasteiger charge is -2.29. The topological polar surface area (TPSA) is 71.5 Å². The Morgan fingerprint density at radius 2 is 1.21 bits per heavy atom. The molecule has 0 aliphatic rings. The van der Waals surface area contributed by atoms with Crippen molar-refractivity contribution < 1.29 is 16.8 Å². The fourth-order valence-corrected chi connectivity index (χ4v) is 12.5. The fourth-order valence-electron chi connectivity index (χ4n) is 2.04. The molecule has 24 heavy (non-hydrogen) atoms. The van der Waals surface area contributed by atoms with Crippen LogP contribution in [0.5, 0.6) is 0 Å². The van der Waals surface area contributed by atoms with Gasteiger partial charge in [0.25, 0.3) is 0 Å². The van der Waals surface area contributed by atoms with Crippen LogP contribution in [-0.2, 0) is 20.0 Å². The largest absolute Gasteiger partial charge is 0.227 e. The second-order valence-corrected chi connectivity index (χ2v) is 24.1. The minimum Gasteiger partial charge on any atom is -0.211 e. The van der Waals surface area contributed by atoms with E-state index in [-0.39, 0.29) is 11.5 Å². The first-order valence-electron chi connectivity index (χ1n) is 8.43. The van der Waals surface area contributed by atoms with Gasteiger partial charge in [0.05, 0.1) is 17.5 Å². The minimum absolute atomic E-state index is 0.112. The average Bonchev–Trinajstić information content (AvgIpc) is 2.38. The van der Waals surface area contributed by atoms with Crippen LogP contribution in [-0.4, -0.2) is 54.2 Å². The van der Waals surface area contributed by atoms with Gasteiger partial charge in [-0.05, 0) is 18.5 Å². The predicted octanol–water partition coefficient (Wildman–Crippen LogP) is 3.59. The van der Waals surface area contributed by atoms with E-state index < -0.39 is 42.2 Å². The smallest absolute Gasteiger partial charge is 0.211 e. The zero-order valence-corrected chi connectivity index (χ0v) is 19.9. The Labute approximate surface area is 151 Å². The van der Waals surface area contributed by atoms with Crippen LogP contribution in [0.3, 0.4) is 0 Å². The van der Waals surface area contributed by atoms with E-state index in [0.717, 1.165) is 3.71 Å². The second-order valence-electron chi connectivity index (χ2n) is 8.69. The van der Waals surface area contributed by atoms with Crippen LogP contribution in [0, 0.1) is 0 Å². The van der Waals surface area contributed by atoms with Crippen molar-refractivity contribution in [3.8, 4) is 0 Å². The van der Waals surface area contributed by atoms with Gasteiger partial charge in [-0.15, -0.1) is 6.58 Å². The summed E-state index contributed by atoms with van der Waals surface area (Å²) in [5.74, 6) is -0.224. The summed E-state index contributed by atoms with van der Waals surface area (Å²) < 4.78 is 52.1. The highest BCUT2D eigenvalue weighted by atomic mass is 32.3. The van der Waals surface area contributed by atoms with Crippen molar-refractivity contribution in [2.75, 3.05) is 11.5 Å². The first-order valence-corrected chi connectivity index (χ1v) is 19.1. The lowest BCUT2D eigenvalue weighted by molar-refractivity contribution is 0.456. The summed E-state index contributed by atoms with van der Waals surface area (Å²) in [7, 11) is -11.0. The molecule has 0 aromatic carbocycles. The zero-order chi connectivity index (χ0) is 19.4. The van der Waals surface area contributed by atoms with Gasteiger partial charge in [-0.1, -0.05) is 56.0 Å². The van der Waals surface area contributed by atoms with Gasteiger partial charge in [-0.3, -0.25) is 0 Å². The van der Waals surface area contributed by atoms with Gasteiger partial charge in [-0.2, -0.15) is 0 Å². The molecule has 0 spiro atoms. The van der Waals surface area contributed by atoms with Crippen LogP contribution in [0.4, 0.5) is 0 Å². The molecule has 9 heteroatoms. The second kappa shape index (κ2) is 8.61. The lowest BCUT2D eigenvalue weighted by Crippen LogP contribution is -2.47. The van der Waals surface area contributed by atoms with E-state index in [2.05, 4.69) is 45.9 Å². The van der Waals surface area contributed by atoms with E-state index >= 15 is 0 Å². The van der Waals surface area contributed by atoms with Crippen molar-refractivity contribution in [1.29, 1.82) is 0 Å². The number of hydrogen-bond acceptors (Lipinski definition) is 4. The van der Waals surface area contributed by atoms with E-state index in [4.69, 9.17) is 0 Å². The van der Waals surface area contributed by atoms with E-state index in [9.17, 15) is 16.8 Å². The molecule has 0 aliphatic heterocycles. The fraction of sp³-hybridized carbons (Fsp3) is 0.867. The molecule has 0 N–H and O–H groups in total. The summed E-state index contributed by atoms with van der Waals surface area (Å²) in [6, 6.07) is 0.384. The Morgan fingerprint density at radius 3 is 1.42 bits per heavy atom. The summed E-state index contributed by atoms with van der Waals surface area (Å²) in [5.41, 5.74) is 0. The summed E-state index contributed by atoms with van der Waals surface area (Å²) in [6.45, 7) is 17.9. The molecule has 0 aromatic heterocycles. The van der Waals surface area contributed by atoms with Crippen LogP contribution >= 0.6 is 0 Å². The third-order valence-corrected chi connectivity index (χ3v) is 12.4. The van der Waals surface area contributed by atoms with Crippen molar-refractivity contribution in [3.63, 3.8) is 0 Å². The predicted molar refractivity (Wildman–Crippen MR) is 110 cm³/mol. The molecular formula is C15H35NO4S2Si2. The van der Waals surface area contributed by atoms with Crippen LogP contribution in [0.1, 0.15) is 13.3 Å². The molecule has 5 nitrogen and oxygen atoms in total. The highest BCUT2D eigenvalue weighted by Gasteiger charge is 2.39. The molecular weight excluding hydrogens is 378 g/mol. The quantitative estimate of drug-likeness (QED) is 0.383. The molecule has 0 saturated heterocycles. The van der Waals surface area contributed by atoms with Gasteiger partial charge in [-0.25, -0.2) is 16.8 Å². The van der Waals surface area contributed by atoms with Crippen molar-refractivity contribution in [3.05, 3.63) is 12.7 Å². The number of nitrogens with zero attached hydrogens (tertiary/aromatic N) is 1. The maximum Gasteiger partial charge on any atom is 0.227 e. The Morgan fingerprint density at radius 1 is 0.875 bits per heavy atom. The van der Waals surface area contributed by atoms with Gasteiger partial charge in [0.2, 0.25) is 20.0 Å². The summed E-state index contributed by atoms with van der Waals surface area (Å²) in [5, 5.41) is 0. The Balaban J connectivity index is 5.72. The number of rotatable bonds is 11. The maximum absolute atomic E-state index is 12.8. The average molecular weight is 414 g/mol. The first kappa shape index (κ1) is 24.0. The van der Waals surface area contributed by atoms with Crippen molar-refractivity contribution in [2.24, 2.45) is 0 Å². The molecule has 1 unspecified atom stereocenters. The van der Waals surface area contributed by atoms with Crippen LogP contribution in [0.2, 0.25) is 51.4 Å². The van der Waals surface area contributed by atoms with Gasteiger partial charge in [0.15, 0.2) is 0 Å². The third kappa shape index (κ3) is 8.42.